The summed E-state index contributed by atoms with van der Waals surface area (Å²) in [6, 6.07) is 17.5. The zero-order chi connectivity index (χ0) is 25.0. The van der Waals surface area contributed by atoms with Gasteiger partial charge < -0.3 is 10.1 Å². The molecule has 0 aliphatic carbocycles. The first-order valence-corrected chi connectivity index (χ1v) is 12.3. The Morgan fingerprint density at radius 2 is 1.86 bits per heavy atom. The molecule has 2 aromatic carbocycles. The molecule has 0 aliphatic heterocycles. The van der Waals surface area contributed by atoms with E-state index in [0.29, 0.717) is 17.0 Å². The Hall–Kier alpha value is -3.72. The van der Waals surface area contributed by atoms with Crippen LogP contribution >= 0.6 is 11.3 Å². The number of para-hydroxylation sites is 3. The van der Waals surface area contributed by atoms with Crippen LogP contribution < -0.4 is 15.0 Å². The molecule has 0 fully saturated rings. The van der Waals surface area contributed by atoms with Crippen molar-refractivity contribution < 1.29 is 14.3 Å². The Morgan fingerprint density at radius 1 is 1.11 bits per heavy atom. The zero-order valence-corrected chi connectivity index (χ0v) is 21.1. The molecule has 0 aliphatic rings. The Bertz CT molecular complexity index is 1320. The van der Waals surface area contributed by atoms with E-state index >= 15 is 0 Å². The number of nitrogens with zero attached hydrogens (tertiary/aromatic N) is 4. The molecule has 2 aromatic heterocycles. The molecule has 1 N–H and O–H groups in total. The summed E-state index contributed by atoms with van der Waals surface area (Å²) in [6.07, 6.45) is 0.740. The Balaban J connectivity index is 1.81. The van der Waals surface area contributed by atoms with E-state index in [-0.39, 0.29) is 18.4 Å². The third kappa shape index (κ3) is 5.19. The number of amides is 2. The SMILES string of the molecule is CCC(C)(C)NC(=O)[C@@H](c1cccs1)N(C(=O)Cn1nnc2ccccc21)c1ccccc1OC. The van der Waals surface area contributed by atoms with E-state index in [1.807, 2.05) is 74.7 Å². The van der Waals surface area contributed by atoms with Crippen molar-refractivity contribution in [1.82, 2.24) is 20.3 Å². The molecule has 0 saturated carbocycles. The van der Waals surface area contributed by atoms with Crippen molar-refractivity contribution in [3.63, 3.8) is 0 Å². The maximum atomic E-state index is 14.0. The van der Waals surface area contributed by atoms with Gasteiger partial charge in [-0.05, 0) is 56.0 Å². The number of benzene rings is 2. The van der Waals surface area contributed by atoms with E-state index in [9.17, 15) is 9.59 Å². The fourth-order valence-electron chi connectivity index (χ4n) is 3.80. The van der Waals surface area contributed by atoms with Gasteiger partial charge in [-0.25, -0.2) is 4.68 Å². The minimum atomic E-state index is -0.889. The lowest BCUT2D eigenvalue weighted by Gasteiger charge is -2.34. The quantitative estimate of drug-likeness (QED) is 0.370. The van der Waals surface area contributed by atoms with Crippen LogP contribution in [0.5, 0.6) is 5.75 Å². The van der Waals surface area contributed by atoms with Gasteiger partial charge in [-0.1, -0.05) is 42.5 Å². The fraction of sp³-hybridized carbons (Fsp3) is 0.308. The highest BCUT2D eigenvalue weighted by molar-refractivity contribution is 7.10. The lowest BCUT2D eigenvalue weighted by Crippen LogP contribution is -2.51. The summed E-state index contributed by atoms with van der Waals surface area (Å²) in [5.74, 6) is -0.0802. The number of hydrogen-bond acceptors (Lipinski definition) is 6. The molecule has 182 valence electrons. The third-order valence-electron chi connectivity index (χ3n) is 5.98. The molecular weight excluding hydrogens is 462 g/mol. The third-order valence-corrected chi connectivity index (χ3v) is 6.91. The van der Waals surface area contributed by atoms with E-state index < -0.39 is 11.6 Å². The van der Waals surface area contributed by atoms with Gasteiger partial charge in [0, 0.05) is 10.4 Å². The van der Waals surface area contributed by atoms with E-state index in [1.54, 1.807) is 23.9 Å². The van der Waals surface area contributed by atoms with Gasteiger partial charge >= 0.3 is 0 Å². The topological polar surface area (TPSA) is 89.4 Å². The van der Waals surface area contributed by atoms with Crippen LogP contribution in [0.4, 0.5) is 5.69 Å². The summed E-state index contributed by atoms with van der Waals surface area (Å²) < 4.78 is 7.15. The van der Waals surface area contributed by atoms with E-state index in [1.165, 1.54) is 16.2 Å². The number of nitrogens with one attached hydrogen (secondary N) is 1. The number of methoxy groups -OCH3 is 1. The van der Waals surface area contributed by atoms with E-state index in [0.717, 1.165) is 16.8 Å². The molecular formula is C26H29N5O3S. The highest BCUT2D eigenvalue weighted by Crippen LogP contribution is 2.37. The van der Waals surface area contributed by atoms with Crippen molar-refractivity contribution in [2.24, 2.45) is 0 Å². The zero-order valence-electron chi connectivity index (χ0n) is 20.3. The molecule has 35 heavy (non-hydrogen) atoms. The van der Waals surface area contributed by atoms with Crippen LogP contribution in [0.25, 0.3) is 11.0 Å². The first-order chi connectivity index (χ1) is 16.8. The minimum Gasteiger partial charge on any atom is -0.495 e. The molecule has 2 amide bonds. The fourth-order valence-corrected chi connectivity index (χ4v) is 4.61. The van der Waals surface area contributed by atoms with Gasteiger partial charge in [-0.15, -0.1) is 16.4 Å². The normalized spacial score (nSPS) is 12.3. The summed E-state index contributed by atoms with van der Waals surface area (Å²) >= 11 is 1.43. The van der Waals surface area contributed by atoms with E-state index in [4.69, 9.17) is 4.74 Å². The lowest BCUT2D eigenvalue weighted by atomic mass is 10.0. The van der Waals surface area contributed by atoms with Gasteiger partial charge in [0.25, 0.3) is 0 Å². The lowest BCUT2D eigenvalue weighted by molar-refractivity contribution is -0.128. The van der Waals surface area contributed by atoms with Crippen LogP contribution in [0.15, 0.2) is 66.0 Å². The second kappa shape index (κ2) is 10.3. The van der Waals surface area contributed by atoms with Gasteiger partial charge in [0.1, 0.15) is 23.9 Å². The van der Waals surface area contributed by atoms with E-state index in [2.05, 4.69) is 15.6 Å². The largest absolute Gasteiger partial charge is 0.495 e. The second-order valence-electron chi connectivity index (χ2n) is 8.82. The van der Waals surface area contributed by atoms with Gasteiger partial charge in [0.05, 0.1) is 18.3 Å². The molecule has 4 aromatic rings. The molecule has 2 heterocycles. The minimum absolute atomic E-state index is 0.0924. The molecule has 0 saturated heterocycles. The van der Waals surface area contributed by atoms with Crippen molar-refractivity contribution >= 4 is 39.9 Å². The predicted molar refractivity (Wildman–Crippen MR) is 138 cm³/mol. The smallest absolute Gasteiger partial charge is 0.249 e. The first kappa shape index (κ1) is 24.4. The Labute approximate surface area is 208 Å². The van der Waals surface area contributed by atoms with Gasteiger partial charge in [-0.2, -0.15) is 0 Å². The van der Waals surface area contributed by atoms with Crippen LogP contribution in [0.1, 0.15) is 38.1 Å². The number of thiophene rings is 1. The number of ether oxygens (including phenoxy) is 1. The number of hydrogen-bond donors (Lipinski definition) is 1. The monoisotopic (exact) mass is 491 g/mol. The molecule has 9 heteroatoms. The number of fused-ring (bicyclic) bond motifs is 1. The molecule has 1 atom stereocenters. The van der Waals surface area contributed by atoms with Crippen molar-refractivity contribution in [2.75, 3.05) is 12.0 Å². The molecule has 0 unspecified atom stereocenters. The van der Waals surface area contributed by atoms with Crippen LogP contribution in [0.3, 0.4) is 0 Å². The average Bonchev–Trinajstić information content (AvgIpc) is 3.52. The maximum Gasteiger partial charge on any atom is 0.249 e. The molecule has 4 rings (SSSR count). The van der Waals surface area contributed by atoms with Crippen LogP contribution in [0, 0.1) is 0 Å². The van der Waals surface area contributed by atoms with Gasteiger partial charge in [-0.3, -0.25) is 14.5 Å². The second-order valence-corrected chi connectivity index (χ2v) is 9.80. The highest BCUT2D eigenvalue weighted by atomic mass is 32.1. The Morgan fingerprint density at radius 3 is 2.57 bits per heavy atom. The summed E-state index contributed by atoms with van der Waals surface area (Å²) in [7, 11) is 1.55. The van der Waals surface area contributed by atoms with Crippen molar-refractivity contribution in [3.8, 4) is 5.75 Å². The van der Waals surface area contributed by atoms with Crippen LogP contribution in [-0.4, -0.2) is 39.5 Å². The van der Waals surface area contributed by atoms with Crippen LogP contribution in [0.2, 0.25) is 0 Å². The molecule has 0 bridgehead atoms. The van der Waals surface area contributed by atoms with Crippen molar-refractivity contribution in [3.05, 3.63) is 70.9 Å². The van der Waals surface area contributed by atoms with Gasteiger partial charge in [0.15, 0.2) is 0 Å². The molecule has 0 radical (unpaired) electrons. The summed E-state index contributed by atoms with van der Waals surface area (Å²) in [6.45, 7) is 5.85. The number of aromatic nitrogens is 3. The Kier molecular flexibility index (Phi) is 7.16. The number of anilines is 1. The summed E-state index contributed by atoms with van der Waals surface area (Å²) in [5.41, 5.74) is 1.50. The molecule has 8 nitrogen and oxygen atoms in total. The maximum absolute atomic E-state index is 14.0. The first-order valence-electron chi connectivity index (χ1n) is 11.4. The number of carbonyl (C=O) groups excluding carboxylic acids is 2. The van der Waals surface area contributed by atoms with Crippen molar-refractivity contribution in [2.45, 2.75) is 45.3 Å². The molecule has 0 spiro atoms. The number of rotatable bonds is 9. The summed E-state index contributed by atoms with van der Waals surface area (Å²) in [5, 5.41) is 13.4. The highest BCUT2D eigenvalue weighted by Gasteiger charge is 2.37. The van der Waals surface area contributed by atoms with Gasteiger partial charge in [0.2, 0.25) is 11.8 Å². The van der Waals surface area contributed by atoms with Crippen molar-refractivity contribution in [1.29, 1.82) is 0 Å². The standard InChI is InChI=1S/C26H29N5O3S/c1-5-26(2,3)27-25(33)24(22-15-10-16-35-22)31(20-13-8-9-14-21(20)34-4)23(32)17-30-19-12-7-6-11-18(19)28-29-30/h6-16,24H,5,17H2,1-4H3,(H,27,33)/t24-/m1/s1. The van der Waals surface area contributed by atoms with Crippen LogP contribution in [-0.2, 0) is 16.1 Å². The predicted octanol–water partition coefficient (Wildman–Crippen LogP) is 4.58. The summed E-state index contributed by atoms with van der Waals surface area (Å²) in [4.78, 5) is 30.0. The number of carbonyl (C=O) groups is 2. The average molecular weight is 492 g/mol.